The van der Waals surface area contributed by atoms with Crippen LogP contribution in [0, 0.1) is 6.92 Å². The molecule has 1 aromatic heterocycles. The fourth-order valence-electron chi connectivity index (χ4n) is 3.72. The van der Waals surface area contributed by atoms with Gasteiger partial charge in [0.2, 0.25) is 0 Å². The quantitative estimate of drug-likeness (QED) is 0.654. The lowest BCUT2D eigenvalue weighted by molar-refractivity contribution is 0.165. The highest BCUT2D eigenvalue weighted by atomic mass is 32.3. The van der Waals surface area contributed by atoms with Crippen molar-refractivity contribution >= 4 is 10.4 Å². The summed E-state index contributed by atoms with van der Waals surface area (Å²) in [5.41, 5.74) is 1.96. The number of nitrogens with zero attached hydrogens (tertiary/aromatic N) is 2. The number of aliphatic hydroxyl groups is 2. The third-order valence-corrected chi connectivity index (χ3v) is 5.54. The summed E-state index contributed by atoms with van der Waals surface area (Å²) in [7, 11) is -4.22. The van der Waals surface area contributed by atoms with Crippen molar-refractivity contribution in [2.24, 2.45) is 0 Å². The fraction of sp³-hybridized carbons (Fsp3) is 0.167. The van der Waals surface area contributed by atoms with E-state index in [0.717, 1.165) is 5.69 Å². The Kier molecular flexibility index (Phi) is 3.21. The summed E-state index contributed by atoms with van der Waals surface area (Å²) < 4.78 is 34.7. The van der Waals surface area contributed by atoms with Gasteiger partial charge in [0, 0.05) is 11.3 Å². The SMILES string of the molecule is Cc1nc2c(n1-c1ccccc1)C(O)c1ccc3c(c1C2O)OS(=O)(=O)O3. The lowest BCUT2D eigenvalue weighted by Gasteiger charge is -2.27. The number of rotatable bonds is 1. The molecule has 0 fully saturated rings. The molecule has 0 bridgehead atoms. The van der Waals surface area contributed by atoms with Crippen LogP contribution in [0.5, 0.6) is 11.5 Å². The summed E-state index contributed by atoms with van der Waals surface area (Å²) in [5, 5.41) is 22.0. The van der Waals surface area contributed by atoms with Gasteiger partial charge in [0.25, 0.3) is 0 Å². The predicted octanol–water partition coefficient (Wildman–Crippen LogP) is 1.67. The van der Waals surface area contributed by atoms with Crippen LogP contribution in [0.25, 0.3) is 5.69 Å². The minimum absolute atomic E-state index is 0.0253. The summed E-state index contributed by atoms with van der Waals surface area (Å²) >= 11 is 0. The topological polar surface area (TPSA) is 111 Å². The number of benzene rings is 2. The summed E-state index contributed by atoms with van der Waals surface area (Å²) in [6, 6.07) is 12.3. The van der Waals surface area contributed by atoms with Gasteiger partial charge >= 0.3 is 10.4 Å². The zero-order valence-corrected chi connectivity index (χ0v) is 14.8. The third kappa shape index (κ3) is 2.22. The molecule has 3 aromatic rings. The summed E-state index contributed by atoms with van der Waals surface area (Å²) in [5.74, 6) is 0.442. The van der Waals surface area contributed by atoms with E-state index in [0.29, 0.717) is 17.1 Å². The second-order valence-electron chi connectivity index (χ2n) is 6.38. The van der Waals surface area contributed by atoms with E-state index in [2.05, 4.69) is 4.98 Å². The van der Waals surface area contributed by atoms with Crippen molar-refractivity contribution in [2.75, 3.05) is 0 Å². The molecule has 2 atom stereocenters. The molecule has 0 spiro atoms. The van der Waals surface area contributed by atoms with Crippen molar-refractivity contribution in [3.05, 3.63) is 70.8 Å². The van der Waals surface area contributed by atoms with Gasteiger partial charge in [0.15, 0.2) is 11.5 Å². The molecule has 5 rings (SSSR count). The van der Waals surface area contributed by atoms with Crippen LogP contribution in [-0.2, 0) is 10.4 Å². The van der Waals surface area contributed by atoms with Crippen LogP contribution in [0.2, 0.25) is 0 Å². The van der Waals surface area contributed by atoms with E-state index in [-0.39, 0.29) is 22.8 Å². The second kappa shape index (κ2) is 5.32. The fourth-order valence-corrected chi connectivity index (χ4v) is 4.48. The van der Waals surface area contributed by atoms with Crippen LogP contribution in [0.3, 0.4) is 0 Å². The molecule has 0 amide bonds. The Morgan fingerprint density at radius 2 is 1.78 bits per heavy atom. The van der Waals surface area contributed by atoms with Gasteiger partial charge in [-0.3, -0.25) is 4.57 Å². The molecule has 0 radical (unpaired) electrons. The number of fused-ring (bicyclic) bond motifs is 4. The second-order valence-corrected chi connectivity index (χ2v) is 7.53. The van der Waals surface area contributed by atoms with E-state index in [9.17, 15) is 18.6 Å². The molecule has 8 nitrogen and oxygen atoms in total. The van der Waals surface area contributed by atoms with Crippen molar-refractivity contribution in [1.29, 1.82) is 0 Å². The van der Waals surface area contributed by atoms with Crippen LogP contribution < -0.4 is 8.37 Å². The van der Waals surface area contributed by atoms with E-state index in [1.807, 2.05) is 30.3 Å². The summed E-state index contributed by atoms with van der Waals surface area (Å²) in [4.78, 5) is 4.43. The first-order valence-corrected chi connectivity index (χ1v) is 9.52. The number of hydrogen-bond donors (Lipinski definition) is 2. The summed E-state index contributed by atoms with van der Waals surface area (Å²) in [6.45, 7) is 1.77. The average molecular weight is 386 g/mol. The first kappa shape index (κ1) is 16.3. The molecule has 2 aromatic carbocycles. The molecule has 1 aliphatic heterocycles. The predicted molar refractivity (Wildman–Crippen MR) is 93.0 cm³/mol. The van der Waals surface area contributed by atoms with Gasteiger partial charge in [-0.15, -0.1) is 8.42 Å². The maximum atomic E-state index is 11.6. The number of para-hydroxylation sites is 1. The Balaban J connectivity index is 1.75. The van der Waals surface area contributed by atoms with Crippen molar-refractivity contribution < 1.29 is 27.0 Å². The molecule has 2 aliphatic rings. The maximum Gasteiger partial charge on any atom is 0.501 e. The van der Waals surface area contributed by atoms with Gasteiger partial charge in [0.05, 0.1) is 11.4 Å². The highest BCUT2D eigenvalue weighted by Crippen LogP contribution is 2.51. The first-order chi connectivity index (χ1) is 12.9. The van der Waals surface area contributed by atoms with Gasteiger partial charge in [-0.05, 0) is 30.7 Å². The minimum atomic E-state index is -4.22. The molecule has 9 heteroatoms. The smallest absolute Gasteiger partial charge is 0.382 e. The monoisotopic (exact) mass is 386 g/mol. The normalized spacial score (nSPS) is 21.6. The van der Waals surface area contributed by atoms with Gasteiger partial charge in [-0.2, -0.15) is 0 Å². The number of hydrogen-bond acceptors (Lipinski definition) is 7. The van der Waals surface area contributed by atoms with E-state index >= 15 is 0 Å². The largest absolute Gasteiger partial charge is 0.501 e. The Labute approximate surface area is 154 Å². The number of aryl methyl sites for hydroxylation is 1. The highest BCUT2D eigenvalue weighted by Gasteiger charge is 2.42. The van der Waals surface area contributed by atoms with Gasteiger partial charge < -0.3 is 18.6 Å². The van der Waals surface area contributed by atoms with E-state index in [1.54, 1.807) is 11.5 Å². The Bertz CT molecular complexity index is 1190. The number of aliphatic hydroxyl groups excluding tert-OH is 2. The number of aromatic nitrogens is 2. The molecule has 2 N–H and O–H groups in total. The van der Waals surface area contributed by atoms with Gasteiger partial charge in [0.1, 0.15) is 18.0 Å². The van der Waals surface area contributed by atoms with Gasteiger partial charge in [-0.1, -0.05) is 24.3 Å². The lowest BCUT2D eigenvalue weighted by atomic mass is 9.86. The highest BCUT2D eigenvalue weighted by molar-refractivity contribution is 7.82. The molecule has 138 valence electrons. The molecule has 2 unspecified atom stereocenters. The molecular formula is C18H14N2O6S. The van der Waals surface area contributed by atoms with E-state index < -0.39 is 22.6 Å². The molecule has 2 heterocycles. The molecule has 0 saturated carbocycles. The van der Waals surface area contributed by atoms with E-state index in [4.69, 9.17) is 8.37 Å². The molecule has 0 saturated heterocycles. The first-order valence-electron chi connectivity index (χ1n) is 8.19. The summed E-state index contributed by atoms with van der Waals surface area (Å²) in [6.07, 6.45) is -2.40. The van der Waals surface area contributed by atoms with Gasteiger partial charge in [-0.25, -0.2) is 4.98 Å². The van der Waals surface area contributed by atoms with Crippen molar-refractivity contribution in [3.63, 3.8) is 0 Å². The Morgan fingerprint density at radius 1 is 1.04 bits per heavy atom. The molecular weight excluding hydrogens is 372 g/mol. The lowest BCUT2D eigenvalue weighted by Crippen LogP contribution is -2.21. The third-order valence-electron chi connectivity index (χ3n) is 4.78. The van der Waals surface area contributed by atoms with Crippen molar-refractivity contribution in [2.45, 2.75) is 19.1 Å². The van der Waals surface area contributed by atoms with Crippen LogP contribution >= 0.6 is 0 Å². The Hall–Kier alpha value is -2.88. The standard InChI is InChI=1S/C18H14N2O6S/c1-9-19-14-15(20(9)10-5-3-2-4-6-10)16(21)11-7-8-12-18(13(11)17(14)22)26-27(23,24)25-12/h2-8,16-17,21-22H,1H3. The average Bonchev–Trinajstić information content (AvgIpc) is 3.15. The maximum absolute atomic E-state index is 11.6. The zero-order valence-electron chi connectivity index (χ0n) is 14.0. The zero-order chi connectivity index (χ0) is 18.9. The van der Waals surface area contributed by atoms with E-state index in [1.165, 1.54) is 12.1 Å². The van der Waals surface area contributed by atoms with Crippen LogP contribution in [0.1, 0.15) is 40.5 Å². The number of imidazole rings is 1. The van der Waals surface area contributed by atoms with Crippen molar-refractivity contribution in [1.82, 2.24) is 9.55 Å². The van der Waals surface area contributed by atoms with Crippen LogP contribution in [0.4, 0.5) is 0 Å². The molecule has 1 aliphatic carbocycles. The molecule has 27 heavy (non-hydrogen) atoms. The van der Waals surface area contributed by atoms with Crippen LogP contribution in [0.15, 0.2) is 42.5 Å². The Morgan fingerprint density at radius 3 is 2.52 bits per heavy atom. The van der Waals surface area contributed by atoms with Crippen molar-refractivity contribution in [3.8, 4) is 17.2 Å². The minimum Gasteiger partial charge on any atom is -0.382 e. The van der Waals surface area contributed by atoms with Crippen LogP contribution in [-0.4, -0.2) is 28.2 Å².